The molecule has 0 saturated carbocycles. The van der Waals surface area contributed by atoms with Crippen molar-refractivity contribution in [3.8, 4) is 0 Å². The van der Waals surface area contributed by atoms with Gasteiger partial charge in [-0.2, -0.15) is 0 Å². The Labute approximate surface area is 128 Å². The van der Waals surface area contributed by atoms with Gasteiger partial charge in [0.25, 0.3) is 0 Å². The summed E-state index contributed by atoms with van der Waals surface area (Å²) in [6, 6.07) is 4.80. The average molecular weight is 309 g/mol. The van der Waals surface area contributed by atoms with Gasteiger partial charge < -0.3 is 20.1 Å². The number of amides is 1. The van der Waals surface area contributed by atoms with Crippen molar-refractivity contribution in [1.82, 2.24) is 0 Å². The maximum atomic E-state index is 14.4. The number of nitrogens with zero attached hydrogens (tertiary/aromatic N) is 2. The molecule has 1 unspecified atom stereocenters. The maximum Gasteiger partial charge on any atom is 0.415 e. The van der Waals surface area contributed by atoms with E-state index >= 15 is 0 Å². The van der Waals surface area contributed by atoms with Gasteiger partial charge in [-0.3, -0.25) is 4.90 Å². The van der Waals surface area contributed by atoms with Gasteiger partial charge in [-0.05, 0) is 25.1 Å². The molecule has 22 heavy (non-hydrogen) atoms. The van der Waals surface area contributed by atoms with E-state index in [1.807, 2.05) is 4.90 Å². The second-order valence-corrected chi connectivity index (χ2v) is 5.84. The standard InChI is InChI=1S/C15H20FN3O3/c1-15(9-17)10-19(14(20)22-15)11-2-3-13(12(16)8-11)18-4-6-21-7-5-18/h2-3,8H,4-7,9-10,17H2,1H3. The molecule has 2 aliphatic rings. The topological polar surface area (TPSA) is 68.0 Å². The van der Waals surface area contributed by atoms with Gasteiger partial charge in [0.05, 0.1) is 31.1 Å². The SMILES string of the molecule is CC1(CN)CN(c2ccc(N3CCOCC3)c(F)c2)C(=O)O1. The van der Waals surface area contributed by atoms with Gasteiger partial charge >= 0.3 is 6.09 Å². The van der Waals surface area contributed by atoms with E-state index in [1.54, 1.807) is 19.1 Å². The quantitative estimate of drug-likeness (QED) is 0.912. The largest absolute Gasteiger partial charge is 0.440 e. The van der Waals surface area contributed by atoms with Crippen LogP contribution in [0.2, 0.25) is 0 Å². The summed E-state index contributed by atoms with van der Waals surface area (Å²) in [4.78, 5) is 15.3. The second-order valence-electron chi connectivity index (χ2n) is 5.84. The van der Waals surface area contributed by atoms with Crippen LogP contribution >= 0.6 is 0 Å². The molecule has 2 saturated heterocycles. The van der Waals surface area contributed by atoms with Gasteiger partial charge in [-0.25, -0.2) is 9.18 Å². The molecule has 1 atom stereocenters. The van der Waals surface area contributed by atoms with Gasteiger partial charge in [0, 0.05) is 19.6 Å². The van der Waals surface area contributed by atoms with E-state index in [0.717, 1.165) is 0 Å². The van der Waals surface area contributed by atoms with E-state index in [1.165, 1.54) is 11.0 Å². The van der Waals surface area contributed by atoms with Gasteiger partial charge in [0.1, 0.15) is 11.4 Å². The zero-order chi connectivity index (χ0) is 15.7. The van der Waals surface area contributed by atoms with Crippen LogP contribution in [0.3, 0.4) is 0 Å². The summed E-state index contributed by atoms with van der Waals surface area (Å²) in [6.45, 7) is 4.81. The Hall–Kier alpha value is -1.86. The number of nitrogens with two attached hydrogens (primary N) is 1. The molecule has 2 N–H and O–H groups in total. The molecule has 0 radical (unpaired) electrons. The predicted octanol–water partition coefficient (Wildman–Crippen LogP) is 1.34. The molecule has 0 aromatic heterocycles. The minimum atomic E-state index is -0.726. The third-order valence-electron chi connectivity index (χ3n) is 4.07. The predicted molar refractivity (Wildman–Crippen MR) is 80.7 cm³/mol. The number of ether oxygens (including phenoxy) is 2. The first-order valence-electron chi connectivity index (χ1n) is 7.35. The van der Waals surface area contributed by atoms with Crippen molar-refractivity contribution in [3.05, 3.63) is 24.0 Å². The number of anilines is 2. The van der Waals surface area contributed by atoms with Crippen molar-refractivity contribution in [2.45, 2.75) is 12.5 Å². The zero-order valence-corrected chi connectivity index (χ0v) is 12.5. The fraction of sp³-hybridized carbons (Fsp3) is 0.533. The van der Waals surface area contributed by atoms with Crippen molar-refractivity contribution < 1.29 is 18.7 Å². The van der Waals surface area contributed by atoms with Crippen LogP contribution in [0.5, 0.6) is 0 Å². The van der Waals surface area contributed by atoms with E-state index in [2.05, 4.69) is 0 Å². The number of rotatable bonds is 3. The first-order chi connectivity index (χ1) is 10.5. The van der Waals surface area contributed by atoms with Crippen molar-refractivity contribution in [2.24, 2.45) is 5.73 Å². The number of halogens is 1. The van der Waals surface area contributed by atoms with E-state index < -0.39 is 11.7 Å². The van der Waals surface area contributed by atoms with Gasteiger partial charge in [0.15, 0.2) is 0 Å². The Bertz CT molecular complexity index is 577. The van der Waals surface area contributed by atoms with Crippen molar-refractivity contribution >= 4 is 17.5 Å². The number of morpholine rings is 1. The minimum absolute atomic E-state index is 0.226. The molecular weight excluding hydrogens is 289 g/mol. The fourth-order valence-electron chi connectivity index (χ4n) is 2.72. The van der Waals surface area contributed by atoms with Gasteiger partial charge in [0.2, 0.25) is 0 Å². The highest BCUT2D eigenvalue weighted by Crippen LogP contribution is 2.30. The molecule has 7 heteroatoms. The number of benzene rings is 1. The van der Waals surface area contributed by atoms with Crippen LogP contribution in [-0.4, -0.2) is 51.1 Å². The number of cyclic esters (lactones) is 1. The minimum Gasteiger partial charge on any atom is -0.440 e. The van der Waals surface area contributed by atoms with Crippen LogP contribution in [0.15, 0.2) is 18.2 Å². The lowest BCUT2D eigenvalue weighted by Gasteiger charge is -2.29. The maximum absolute atomic E-state index is 14.4. The molecule has 2 aliphatic heterocycles. The Morgan fingerprint density at radius 3 is 2.68 bits per heavy atom. The zero-order valence-electron chi connectivity index (χ0n) is 12.5. The van der Waals surface area contributed by atoms with Crippen molar-refractivity contribution in [2.75, 3.05) is 49.2 Å². The van der Waals surface area contributed by atoms with Crippen LogP contribution in [0.25, 0.3) is 0 Å². The summed E-state index contributed by atoms with van der Waals surface area (Å²) in [5.41, 5.74) is 5.91. The molecule has 2 heterocycles. The lowest BCUT2D eigenvalue weighted by Crippen LogP contribution is -2.39. The fourth-order valence-corrected chi connectivity index (χ4v) is 2.72. The molecule has 1 aromatic rings. The number of carbonyl (C=O) groups is 1. The van der Waals surface area contributed by atoms with Crippen LogP contribution in [0, 0.1) is 5.82 Å². The highest BCUT2D eigenvalue weighted by Gasteiger charge is 2.41. The number of hydrogen-bond acceptors (Lipinski definition) is 5. The van der Waals surface area contributed by atoms with E-state index in [0.29, 0.717) is 44.2 Å². The van der Waals surface area contributed by atoms with Crippen molar-refractivity contribution in [3.63, 3.8) is 0 Å². The lowest BCUT2D eigenvalue weighted by atomic mass is 10.1. The van der Waals surface area contributed by atoms with Gasteiger partial charge in [-0.1, -0.05) is 0 Å². The highest BCUT2D eigenvalue weighted by atomic mass is 19.1. The number of carbonyl (C=O) groups excluding carboxylic acids is 1. The summed E-state index contributed by atoms with van der Waals surface area (Å²) in [5.74, 6) is -0.353. The Morgan fingerprint density at radius 2 is 2.09 bits per heavy atom. The Balaban J connectivity index is 1.81. The molecule has 1 amide bonds. The first kappa shape index (κ1) is 15.1. The molecule has 0 bridgehead atoms. The summed E-state index contributed by atoms with van der Waals surface area (Å²) >= 11 is 0. The summed E-state index contributed by atoms with van der Waals surface area (Å²) in [7, 11) is 0. The van der Waals surface area contributed by atoms with Crippen LogP contribution in [0.4, 0.5) is 20.6 Å². The summed E-state index contributed by atoms with van der Waals surface area (Å²) in [6.07, 6.45) is -0.494. The molecule has 6 nitrogen and oxygen atoms in total. The number of hydrogen-bond donors (Lipinski definition) is 1. The molecule has 1 aromatic carbocycles. The molecule has 3 rings (SSSR count). The molecule has 120 valence electrons. The van der Waals surface area contributed by atoms with E-state index in [-0.39, 0.29) is 12.4 Å². The van der Waals surface area contributed by atoms with E-state index in [4.69, 9.17) is 15.2 Å². The molecular formula is C15H20FN3O3. The smallest absolute Gasteiger partial charge is 0.415 e. The highest BCUT2D eigenvalue weighted by molar-refractivity contribution is 5.90. The van der Waals surface area contributed by atoms with Crippen LogP contribution in [0.1, 0.15) is 6.92 Å². The van der Waals surface area contributed by atoms with E-state index in [9.17, 15) is 9.18 Å². The molecule has 0 spiro atoms. The second kappa shape index (κ2) is 5.73. The lowest BCUT2D eigenvalue weighted by molar-refractivity contribution is 0.0789. The molecule has 2 fully saturated rings. The monoisotopic (exact) mass is 309 g/mol. The van der Waals surface area contributed by atoms with Gasteiger partial charge in [-0.15, -0.1) is 0 Å². The van der Waals surface area contributed by atoms with Crippen LogP contribution < -0.4 is 15.5 Å². The average Bonchev–Trinajstić information content (AvgIpc) is 2.84. The third-order valence-corrected chi connectivity index (χ3v) is 4.07. The van der Waals surface area contributed by atoms with Crippen molar-refractivity contribution in [1.29, 1.82) is 0 Å². The third kappa shape index (κ3) is 2.74. The Morgan fingerprint density at radius 1 is 1.36 bits per heavy atom. The van der Waals surface area contributed by atoms with Crippen LogP contribution in [-0.2, 0) is 9.47 Å². The summed E-state index contributed by atoms with van der Waals surface area (Å²) < 4.78 is 24.9. The summed E-state index contributed by atoms with van der Waals surface area (Å²) in [5, 5.41) is 0. The molecule has 0 aliphatic carbocycles. The Kier molecular flexibility index (Phi) is 3.92. The normalized spacial score (nSPS) is 25.5. The first-order valence-corrected chi connectivity index (χ1v) is 7.35.